The van der Waals surface area contributed by atoms with Crippen LogP contribution in [0.25, 0.3) is 0 Å². The van der Waals surface area contributed by atoms with Gasteiger partial charge < -0.3 is 4.90 Å². The summed E-state index contributed by atoms with van der Waals surface area (Å²) in [6.07, 6.45) is 5.16. The topological polar surface area (TPSA) is 33.2 Å². The van der Waals surface area contributed by atoms with Gasteiger partial charge in [0, 0.05) is 29.7 Å². The molecule has 1 aliphatic heterocycles. The fourth-order valence-electron chi connectivity index (χ4n) is 2.38. The summed E-state index contributed by atoms with van der Waals surface area (Å²) in [4.78, 5) is 17.4. The molecule has 1 aromatic carbocycles. The molecule has 0 unspecified atom stereocenters. The van der Waals surface area contributed by atoms with Crippen LogP contribution >= 0.6 is 11.3 Å². The number of thiazole rings is 1. The quantitative estimate of drug-likeness (QED) is 0.580. The second-order valence-corrected chi connectivity index (χ2v) is 7.40. The van der Waals surface area contributed by atoms with Crippen molar-refractivity contribution in [1.82, 2.24) is 9.88 Å². The largest absolute Gasteiger partial charge is 0.345 e. The van der Waals surface area contributed by atoms with Gasteiger partial charge in [0.15, 0.2) is 5.01 Å². The summed E-state index contributed by atoms with van der Waals surface area (Å²) in [7, 11) is 0. The number of rotatable bonds is 1. The molecular weight excluding hydrogens is 316 g/mol. The van der Waals surface area contributed by atoms with Gasteiger partial charge in [0.1, 0.15) is 0 Å². The molecule has 0 bridgehead atoms. The number of likely N-dealkylation sites (tertiary alicyclic amines) is 1. The second-order valence-electron chi connectivity index (χ2n) is 6.16. The predicted molar refractivity (Wildman–Crippen MR) is 100 cm³/mol. The number of amides is 1. The van der Waals surface area contributed by atoms with Crippen LogP contribution in [0, 0.1) is 31.6 Å². The SMILES string of the molecule is CC1CCN(C=O)CC1.Cc1cnc(C#Cc2ccccc2C)s1. The lowest BCUT2D eigenvalue weighted by Gasteiger charge is -2.26. The number of aromatic nitrogens is 1. The van der Waals surface area contributed by atoms with Gasteiger partial charge >= 0.3 is 0 Å². The summed E-state index contributed by atoms with van der Waals surface area (Å²) in [6.45, 7) is 8.27. The molecular formula is C20H24N2OS. The van der Waals surface area contributed by atoms with Gasteiger partial charge in [-0.25, -0.2) is 4.98 Å². The van der Waals surface area contributed by atoms with Crippen LogP contribution in [0.2, 0.25) is 0 Å². The first-order valence-corrected chi connectivity index (χ1v) is 9.09. The van der Waals surface area contributed by atoms with Crippen LogP contribution in [0.3, 0.4) is 0 Å². The van der Waals surface area contributed by atoms with Gasteiger partial charge in [-0.05, 0) is 50.2 Å². The molecule has 4 heteroatoms. The van der Waals surface area contributed by atoms with E-state index in [2.05, 4.69) is 36.7 Å². The fraction of sp³-hybridized carbons (Fsp3) is 0.400. The molecule has 1 aliphatic rings. The summed E-state index contributed by atoms with van der Waals surface area (Å²) in [6, 6.07) is 8.12. The highest BCUT2D eigenvalue weighted by molar-refractivity contribution is 7.12. The number of hydrogen-bond donors (Lipinski definition) is 0. The molecule has 24 heavy (non-hydrogen) atoms. The van der Waals surface area contributed by atoms with Gasteiger partial charge in [-0.1, -0.05) is 31.0 Å². The highest BCUT2D eigenvalue weighted by Crippen LogP contribution is 2.14. The lowest BCUT2D eigenvalue weighted by Crippen LogP contribution is -2.31. The van der Waals surface area contributed by atoms with E-state index in [0.29, 0.717) is 0 Å². The van der Waals surface area contributed by atoms with Gasteiger partial charge in [0.25, 0.3) is 0 Å². The Kier molecular flexibility index (Phi) is 7.02. The van der Waals surface area contributed by atoms with Gasteiger partial charge in [-0.2, -0.15) is 0 Å². The highest BCUT2D eigenvalue weighted by atomic mass is 32.1. The smallest absolute Gasteiger partial charge is 0.209 e. The standard InChI is InChI=1S/C13H11NS.C7H13NO/c1-10-5-3-4-6-12(10)7-8-13-14-9-11(2)15-13;1-7-2-4-8(6-9)5-3-7/h3-6,9H,1-2H3;6-7H,2-5H2,1H3. The van der Waals surface area contributed by atoms with Crippen molar-refractivity contribution in [2.24, 2.45) is 5.92 Å². The Morgan fingerprint density at radius 2 is 1.92 bits per heavy atom. The van der Waals surface area contributed by atoms with E-state index in [1.165, 1.54) is 23.3 Å². The van der Waals surface area contributed by atoms with E-state index in [4.69, 9.17) is 0 Å². The van der Waals surface area contributed by atoms with Crippen LogP contribution in [0.5, 0.6) is 0 Å². The molecule has 0 aliphatic carbocycles. The predicted octanol–water partition coefficient (Wildman–Crippen LogP) is 4.03. The first-order chi connectivity index (χ1) is 11.6. The second kappa shape index (κ2) is 9.24. The first-order valence-electron chi connectivity index (χ1n) is 8.28. The Balaban J connectivity index is 0.000000198. The molecule has 1 amide bonds. The van der Waals surface area contributed by atoms with Crippen LogP contribution in [-0.2, 0) is 4.79 Å². The van der Waals surface area contributed by atoms with Gasteiger partial charge in [0.2, 0.25) is 6.41 Å². The molecule has 1 fully saturated rings. The van der Waals surface area contributed by atoms with E-state index in [9.17, 15) is 4.79 Å². The maximum absolute atomic E-state index is 10.2. The number of piperidine rings is 1. The number of aryl methyl sites for hydroxylation is 2. The molecule has 126 valence electrons. The van der Waals surface area contributed by atoms with Crippen molar-refractivity contribution in [3.63, 3.8) is 0 Å². The van der Waals surface area contributed by atoms with E-state index >= 15 is 0 Å². The molecule has 2 heterocycles. The maximum Gasteiger partial charge on any atom is 0.209 e. The summed E-state index contributed by atoms with van der Waals surface area (Å²) in [5.74, 6) is 7.04. The Morgan fingerprint density at radius 1 is 1.21 bits per heavy atom. The molecule has 1 aromatic heterocycles. The van der Waals surface area contributed by atoms with Crippen LogP contribution in [0.4, 0.5) is 0 Å². The minimum atomic E-state index is 0.821. The molecule has 0 spiro atoms. The normalized spacial score (nSPS) is 14.2. The average Bonchev–Trinajstić information content (AvgIpc) is 3.01. The van der Waals surface area contributed by atoms with Crippen molar-refractivity contribution < 1.29 is 4.79 Å². The number of carbonyl (C=O) groups excluding carboxylic acids is 1. The number of carbonyl (C=O) groups is 1. The summed E-state index contributed by atoms with van der Waals surface area (Å²) in [5.41, 5.74) is 2.28. The third kappa shape index (κ3) is 5.82. The van der Waals surface area contributed by atoms with Crippen molar-refractivity contribution in [1.29, 1.82) is 0 Å². The minimum absolute atomic E-state index is 0.821. The third-order valence-electron chi connectivity index (χ3n) is 4.04. The van der Waals surface area contributed by atoms with Crippen LogP contribution < -0.4 is 0 Å². The maximum atomic E-state index is 10.2. The van der Waals surface area contributed by atoms with E-state index in [1.807, 2.05) is 36.2 Å². The first kappa shape index (κ1) is 18.2. The van der Waals surface area contributed by atoms with Crippen molar-refractivity contribution in [2.45, 2.75) is 33.6 Å². The third-order valence-corrected chi connectivity index (χ3v) is 4.87. The van der Waals surface area contributed by atoms with Crippen molar-refractivity contribution >= 4 is 17.7 Å². The minimum Gasteiger partial charge on any atom is -0.345 e. The summed E-state index contributed by atoms with van der Waals surface area (Å²) in [5, 5.41) is 0.885. The van der Waals surface area contributed by atoms with E-state index < -0.39 is 0 Å². The molecule has 3 rings (SSSR count). The van der Waals surface area contributed by atoms with Crippen LogP contribution in [-0.4, -0.2) is 29.4 Å². The average molecular weight is 340 g/mol. The Bertz CT molecular complexity index is 718. The molecule has 0 atom stereocenters. The molecule has 3 nitrogen and oxygen atoms in total. The zero-order valence-electron chi connectivity index (χ0n) is 14.6. The monoisotopic (exact) mass is 340 g/mol. The van der Waals surface area contributed by atoms with E-state index in [-0.39, 0.29) is 0 Å². The highest BCUT2D eigenvalue weighted by Gasteiger charge is 2.12. The molecule has 0 radical (unpaired) electrons. The van der Waals surface area contributed by atoms with Gasteiger partial charge in [-0.3, -0.25) is 4.79 Å². The number of nitrogens with zero attached hydrogens (tertiary/aromatic N) is 2. The number of benzene rings is 1. The van der Waals surface area contributed by atoms with Gasteiger partial charge in [0.05, 0.1) is 0 Å². The van der Waals surface area contributed by atoms with Crippen LogP contribution in [0.15, 0.2) is 30.5 Å². The van der Waals surface area contributed by atoms with Gasteiger partial charge in [-0.15, -0.1) is 11.3 Å². The summed E-state index contributed by atoms with van der Waals surface area (Å²) >= 11 is 1.63. The zero-order valence-corrected chi connectivity index (χ0v) is 15.4. The Hall–Kier alpha value is -2.12. The van der Waals surface area contributed by atoms with E-state index in [0.717, 1.165) is 36.0 Å². The molecule has 1 saturated heterocycles. The lowest BCUT2D eigenvalue weighted by molar-refractivity contribution is -0.119. The Morgan fingerprint density at radius 3 is 2.50 bits per heavy atom. The zero-order chi connectivity index (χ0) is 17.4. The fourth-order valence-corrected chi connectivity index (χ4v) is 3.00. The van der Waals surface area contributed by atoms with Crippen molar-refractivity contribution in [3.8, 4) is 11.8 Å². The van der Waals surface area contributed by atoms with Crippen molar-refractivity contribution in [2.75, 3.05) is 13.1 Å². The van der Waals surface area contributed by atoms with E-state index in [1.54, 1.807) is 11.3 Å². The molecule has 0 saturated carbocycles. The lowest BCUT2D eigenvalue weighted by atomic mass is 10.00. The van der Waals surface area contributed by atoms with Crippen LogP contribution in [0.1, 0.15) is 40.8 Å². The summed E-state index contributed by atoms with van der Waals surface area (Å²) < 4.78 is 0. The molecule has 2 aromatic rings. The Labute approximate surface area is 148 Å². The van der Waals surface area contributed by atoms with Crippen molar-refractivity contribution in [3.05, 3.63) is 51.5 Å². The molecule has 0 N–H and O–H groups in total. The number of hydrogen-bond acceptors (Lipinski definition) is 3.